The highest BCUT2D eigenvalue weighted by Gasteiger charge is 2.17. The summed E-state index contributed by atoms with van der Waals surface area (Å²) >= 11 is 1.63. The van der Waals surface area contributed by atoms with Crippen LogP contribution in [-0.2, 0) is 16.6 Å². The lowest BCUT2D eigenvalue weighted by Gasteiger charge is -2.09. The Hall–Kier alpha value is -0.570. The quantitative estimate of drug-likeness (QED) is 0.597. The van der Waals surface area contributed by atoms with Gasteiger partial charge in [-0.15, -0.1) is 0 Å². The summed E-state index contributed by atoms with van der Waals surface area (Å²) in [5, 5.41) is 7.67. The van der Waals surface area contributed by atoms with Gasteiger partial charge in [0.1, 0.15) is 4.90 Å². The molecule has 0 aliphatic rings. The number of hydrogen-bond acceptors (Lipinski definition) is 5. The van der Waals surface area contributed by atoms with Crippen molar-refractivity contribution in [2.45, 2.75) is 43.4 Å². The molecule has 0 saturated carbocycles. The number of nitrogens with zero attached hydrogens (tertiary/aromatic N) is 2. The Labute approximate surface area is 132 Å². The Balaban J connectivity index is 2.45. The molecule has 0 aromatic carbocycles. The van der Waals surface area contributed by atoms with E-state index in [0.29, 0.717) is 13.1 Å². The Kier molecular flexibility index (Phi) is 8.31. The highest BCUT2D eigenvalue weighted by atomic mass is 32.2. The van der Waals surface area contributed by atoms with E-state index in [-0.39, 0.29) is 10.1 Å². The summed E-state index contributed by atoms with van der Waals surface area (Å²) in [5.74, 6) is 0. The van der Waals surface area contributed by atoms with E-state index in [9.17, 15) is 8.42 Å². The summed E-state index contributed by atoms with van der Waals surface area (Å²) in [6, 6.07) is 0. The molecule has 2 N–H and O–H groups in total. The number of hydrogen-bond donors (Lipinski definition) is 2. The Morgan fingerprint density at radius 1 is 1.43 bits per heavy atom. The van der Waals surface area contributed by atoms with Crippen molar-refractivity contribution in [3.05, 3.63) is 12.4 Å². The van der Waals surface area contributed by atoms with Gasteiger partial charge in [-0.2, -0.15) is 16.9 Å². The number of nitrogens with one attached hydrogen (secondary N) is 2. The van der Waals surface area contributed by atoms with Crippen molar-refractivity contribution in [1.29, 1.82) is 0 Å². The maximum Gasteiger partial charge on any atom is 0.243 e. The first kappa shape index (κ1) is 18.5. The van der Waals surface area contributed by atoms with Gasteiger partial charge in [0.25, 0.3) is 0 Å². The summed E-state index contributed by atoms with van der Waals surface area (Å²) < 4.78 is 28.5. The monoisotopic (exact) mass is 334 g/mol. The van der Waals surface area contributed by atoms with Crippen molar-refractivity contribution in [1.82, 2.24) is 19.8 Å². The minimum atomic E-state index is -3.45. The first-order valence-corrected chi connectivity index (χ1v) is 10.0. The minimum Gasteiger partial charge on any atom is -0.317 e. The van der Waals surface area contributed by atoms with Crippen LogP contribution in [0.5, 0.6) is 0 Å². The zero-order valence-electron chi connectivity index (χ0n) is 13.0. The third-order valence-electron chi connectivity index (χ3n) is 3.05. The molecule has 1 atom stereocenters. The highest BCUT2D eigenvalue weighted by Crippen LogP contribution is 2.09. The molecule has 0 radical (unpaired) electrons. The number of sulfonamides is 1. The fraction of sp³-hybridized carbons (Fsp3) is 0.769. The molecular weight excluding hydrogens is 308 g/mol. The summed E-state index contributed by atoms with van der Waals surface area (Å²) in [4.78, 5) is 0.234. The van der Waals surface area contributed by atoms with Crippen molar-refractivity contribution in [3.63, 3.8) is 0 Å². The molecule has 0 bridgehead atoms. The molecule has 21 heavy (non-hydrogen) atoms. The normalized spacial score (nSPS) is 13.5. The van der Waals surface area contributed by atoms with Gasteiger partial charge in [-0.1, -0.05) is 13.8 Å². The maximum absolute atomic E-state index is 12.1. The van der Waals surface area contributed by atoms with Gasteiger partial charge in [0.05, 0.1) is 6.20 Å². The van der Waals surface area contributed by atoms with Crippen LogP contribution in [0.25, 0.3) is 0 Å². The first-order chi connectivity index (χ1) is 9.99. The molecule has 122 valence electrons. The van der Waals surface area contributed by atoms with Gasteiger partial charge in [0, 0.05) is 24.5 Å². The van der Waals surface area contributed by atoms with Gasteiger partial charge in [-0.05, 0) is 32.2 Å². The second-order valence-electron chi connectivity index (χ2n) is 4.94. The van der Waals surface area contributed by atoms with Gasteiger partial charge in [-0.25, -0.2) is 13.1 Å². The summed E-state index contributed by atoms with van der Waals surface area (Å²) in [7, 11) is -3.45. The van der Waals surface area contributed by atoms with E-state index in [2.05, 4.69) is 22.1 Å². The van der Waals surface area contributed by atoms with Crippen LogP contribution < -0.4 is 10.0 Å². The van der Waals surface area contributed by atoms with Crippen LogP contribution in [-0.4, -0.2) is 49.3 Å². The third-order valence-corrected chi connectivity index (χ3v) is 5.40. The molecule has 0 aliphatic carbocycles. The van der Waals surface area contributed by atoms with Crippen LogP contribution in [0.2, 0.25) is 0 Å². The number of rotatable bonds is 11. The van der Waals surface area contributed by atoms with E-state index >= 15 is 0 Å². The molecule has 0 fully saturated rings. The van der Waals surface area contributed by atoms with Gasteiger partial charge in [-0.3, -0.25) is 4.68 Å². The summed E-state index contributed by atoms with van der Waals surface area (Å²) in [6.45, 7) is 7.18. The standard InChI is InChI=1S/C13H26N4O2S2/c1-4-6-14-7-5-8-17-11-13(10-15-17)21(18,19)16-9-12(2)20-3/h10-12,14,16H,4-9H2,1-3H3. The van der Waals surface area contributed by atoms with E-state index in [4.69, 9.17) is 0 Å². The molecule has 0 saturated heterocycles. The van der Waals surface area contributed by atoms with Crippen LogP contribution >= 0.6 is 11.8 Å². The smallest absolute Gasteiger partial charge is 0.243 e. The first-order valence-electron chi connectivity index (χ1n) is 7.25. The second kappa shape index (κ2) is 9.45. The predicted octanol–water partition coefficient (Wildman–Crippen LogP) is 1.30. The van der Waals surface area contributed by atoms with E-state index in [1.54, 1.807) is 22.6 Å². The van der Waals surface area contributed by atoms with Crippen molar-refractivity contribution in [3.8, 4) is 0 Å². The SMILES string of the molecule is CCCNCCCn1cc(S(=O)(=O)NCC(C)SC)cn1. The lowest BCUT2D eigenvalue weighted by molar-refractivity contribution is 0.541. The number of aryl methyl sites for hydroxylation is 1. The van der Waals surface area contributed by atoms with Crippen molar-refractivity contribution < 1.29 is 8.42 Å². The molecule has 1 rings (SSSR count). The average molecular weight is 335 g/mol. The average Bonchev–Trinajstić information content (AvgIpc) is 2.94. The van der Waals surface area contributed by atoms with Crippen LogP contribution in [0, 0.1) is 0 Å². The Morgan fingerprint density at radius 2 is 2.19 bits per heavy atom. The molecule has 8 heteroatoms. The lowest BCUT2D eigenvalue weighted by Crippen LogP contribution is -2.29. The molecule has 1 aromatic rings. The fourth-order valence-electron chi connectivity index (χ4n) is 1.67. The topological polar surface area (TPSA) is 76.0 Å². The minimum absolute atomic E-state index is 0.234. The van der Waals surface area contributed by atoms with Crippen molar-refractivity contribution >= 4 is 21.8 Å². The van der Waals surface area contributed by atoms with Crippen LogP contribution in [0.15, 0.2) is 17.3 Å². The van der Waals surface area contributed by atoms with E-state index in [1.165, 1.54) is 6.20 Å². The maximum atomic E-state index is 12.1. The Bertz CT molecular complexity index is 502. The molecule has 1 unspecified atom stereocenters. The van der Waals surface area contributed by atoms with E-state index in [1.807, 2.05) is 13.2 Å². The molecular formula is C13H26N4O2S2. The fourth-order valence-corrected chi connectivity index (χ4v) is 3.11. The number of thioether (sulfide) groups is 1. The van der Waals surface area contributed by atoms with E-state index < -0.39 is 10.0 Å². The molecule has 6 nitrogen and oxygen atoms in total. The zero-order chi connectivity index (χ0) is 15.7. The van der Waals surface area contributed by atoms with Gasteiger partial charge >= 0.3 is 0 Å². The molecule has 1 heterocycles. The molecule has 0 spiro atoms. The molecule has 0 aliphatic heterocycles. The Morgan fingerprint density at radius 3 is 2.86 bits per heavy atom. The van der Waals surface area contributed by atoms with E-state index in [0.717, 1.165) is 25.9 Å². The largest absolute Gasteiger partial charge is 0.317 e. The van der Waals surface area contributed by atoms with Gasteiger partial charge < -0.3 is 5.32 Å². The van der Waals surface area contributed by atoms with Gasteiger partial charge in [0.15, 0.2) is 0 Å². The zero-order valence-corrected chi connectivity index (χ0v) is 14.6. The molecule has 0 amide bonds. The predicted molar refractivity (Wildman–Crippen MR) is 88.2 cm³/mol. The number of aromatic nitrogens is 2. The van der Waals surface area contributed by atoms with Crippen molar-refractivity contribution in [2.24, 2.45) is 0 Å². The van der Waals surface area contributed by atoms with Crippen LogP contribution in [0.4, 0.5) is 0 Å². The lowest BCUT2D eigenvalue weighted by atomic mass is 10.4. The van der Waals surface area contributed by atoms with Crippen LogP contribution in [0.3, 0.4) is 0 Å². The van der Waals surface area contributed by atoms with Crippen molar-refractivity contribution in [2.75, 3.05) is 25.9 Å². The third kappa shape index (κ3) is 6.82. The second-order valence-corrected chi connectivity index (χ2v) is 7.98. The van der Waals surface area contributed by atoms with Gasteiger partial charge in [0.2, 0.25) is 10.0 Å². The molecule has 1 aromatic heterocycles. The van der Waals surface area contributed by atoms with Crippen LogP contribution in [0.1, 0.15) is 26.7 Å². The summed E-state index contributed by atoms with van der Waals surface area (Å²) in [5.41, 5.74) is 0. The highest BCUT2D eigenvalue weighted by molar-refractivity contribution is 7.99. The summed E-state index contributed by atoms with van der Waals surface area (Å²) in [6.07, 6.45) is 7.00.